The molecule has 1 heterocycles. The van der Waals surface area contributed by atoms with Crippen LogP contribution in [0.5, 0.6) is 0 Å². The largest absolute Gasteiger partial charge is 0.274 e. The van der Waals surface area contributed by atoms with Crippen LogP contribution in [0.2, 0.25) is 0 Å². The molecule has 3 nitrogen and oxygen atoms in total. The highest BCUT2D eigenvalue weighted by Gasteiger charge is 2.26. The number of hydrogen-bond donors (Lipinski definition) is 0. The van der Waals surface area contributed by atoms with Crippen LogP contribution in [0.15, 0.2) is 0 Å². The van der Waals surface area contributed by atoms with Crippen molar-refractivity contribution in [2.24, 2.45) is 0 Å². The van der Waals surface area contributed by atoms with Crippen molar-refractivity contribution in [1.82, 2.24) is 3.93 Å². The molecule has 0 aromatic heterocycles. The van der Waals surface area contributed by atoms with Crippen LogP contribution in [0.1, 0.15) is 12.8 Å². The molecule has 10 heavy (non-hydrogen) atoms. The van der Waals surface area contributed by atoms with Crippen LogP contribution < -0.4 is 0 Å². The van der Waals surface area contributed by atoms with E-state index in [1.54, 1.807) is 0 Å². The number of carbonyl (C=O) groups is 2. The van der Waals surface area contributed by atoms with E-state index in [-0.39, 0.29) is 45.8 Å². The van der Waals surface area contributed by atoms with Crippen molar-refractivity contribution in [2.75, 3.05) is 0 Å². The molecule has 0 N–H and O–H groups in total. The van der Waals surface area contributed by atoms with Crippen molar-refractivity contribution in [3.05, 3.63) is 0 Å². The van der Waals surface area contributed by atoms with Gasteiger partial charge in [-0.15, -0.1) is 34.0 Å². The second-order valence-electron chi connectivity index (χ2n) is 1.57. The van der Waals surface area contributed by atoms with Gasteiger partial charge in [0, 0.05) is 12.8 Å². The summed E-state index contributed by atoms with van der Waals surface area (Å²) in [6.45, 7) is 0. The molecule has 6 heteroatoms. The number of rotatable bonds is 0. The quantitative estimate of drug-likeness (QED) is 0.496. The minimum absolute atomic E-state index is 0. The lowest BCUT2D eigenvalue weighted by Gasteiger charge is -1.97. The number of imide groups is 1. The Bertz CT molecular complexity index is 133. The van der Waals surface area contributed by atoms with E-state index in [2.05, 4.69) is 16.1 Å². The van der Waals surface area contributed by atoms with E-state index in [4.69, 9.17) is 0 Å². The lowest BCUT2D eigenvalue weighted by Crippen LogP contribution is -2.16. The van der Waals surface area contributed by atoms with Crippen molar-refractivity contribution in [2.45, 2.75) is 12.8 Å². The van der Waals surface area contributed by atoms with Crippen LogP contribution in [0.4, 0.5) is 0 Å². The van der Waals surface area contributed by atoms with Gasteiger partial charge >= 0.3 is 0 Å². The first-order valence-corrected chi connectivity index (χ1v) is 2.94. The third kappa shape index (κ3) is 2.67. The molecule has 1 fully saturated rings. The molecule has 1 rings (SSSR count). The lowest BCUT2D eigenvalue weighted by molar-refractivity contribution is -0.131. The molecule has 0 atom stereocenters. The summed E-state index contributed by atoms with van der Waals surface area (Å²) in [5.41, 5.74) is 0. The van der Waals surface area contributed by atoms with Gasteiger partial charge < -0.3 is 0 Å². The standard InChI is InChI=1S/C4H4BrNO2.2BrH/c5-6-3(7)1-2-4(6)8;;/h1-2H2;2*1H. The van der Waals surface area contributed by atoms with Crippen LogP contribution >= 0.6 is 50.1 Å². The smallest absolute Gasteiger partial charge is 0.239 e. The van der Waals surface area contributed by atoms with Crippen LogP contribution in [-0.2, 0) is 9.59 Å². The Balaban J connectivity index is 0. The molecule has 0 radical (unpaired) electrons. The first-order chi connectivity index (χ1) is 3.72. The number of amides is 2. The second-order valence-corrected chi connectivity index (χ2v) is 2.28. The average Bonchev–Trinajstić information content (AvgIpc) is 1.98. The van der Waals surface area contributed by atoms with Crippen molar-refractivity contribution < 1.29 is 9.59 Å². The number of halogens is 3. The van der Waals surface area contributed by atoms with Gasteiger partial charge in [0.1, 0.15) is 0 Å². The molecule has 0 aliphatic carbocycles. The summed E-state index contributed by atoms with van der Waals surface area (Å²) in [5, 5.41) is 0. The third-order valence-electron chi connectivity index (χ3n) is 0.991. The van der Waals surface area contributed by atoms with Gasteiger partial charge in [0.05, 0.1) is 16.1 Å². The molecule has 0 bridgehead atoms. The van der Waals surface area contributed by atoms with Crippen LogP contribution in [0.25, 0.3) is 0 Å². The van der Waals surface area contributed by atoms with Gasteiger partial charge in [0.2, 0.25) is 11.8 Å². The molecule has 0 aromatic rings. The normalized spacial score (nSPS) is 16.3. The number of hydrogen-bond acceptors (Lipinski definition) is 2. The SMILES string of the molecule is Br.Br.O=C1CCC(=O)N1Br. The average molecular weight is 340 g/mol. The number of nitrogens with zero attached hydrogens (tertiary/aromatic N) is 1. The first-order valence-electron chi connectivity index (χ1n) is 2.23. The molecule has 0 saturated carbocycles. The predicted molar refractivity (Wildman–Crippen MR) is 50.7 cm³/mol. The second kappa shape index (κ2) is 5.26. The molecule has 2 amide bonds. The van der Waals surface area contributed by atoms with E-state index in [0.717, 1.165) is 3.93 Å². The third-order valence-corrected chi connectivity index (χ3v) is 1.78. The zero-order chi connectivity index (χ0) is 6.15. The van der Waals surface area contributed by atoms with Crippen molar-refractivity contribution >= 4 is 61.9 Å². The summed E-state index contributed by atoms with van der Waals surface area (Å²) in [6, 6.07) is 0. The molecule has 1 aliphatic heterocycles. The maximum atomic E-state index is 10.4. The highest BCUT2D eigenvalue weighted by atomic mass is 79.9. The minimum Gasteiger partial charge on any atom is -0.274 e. The Kier molecular flexibility index (Phi) is 6.94. The Hall–Kier alpha value is 0.580. The highest BCUT2D eigenvalue weighted by Crippen LogP contribution is 2.14. The Morgan fingerprint density at radius 3 is 1.50 bits per heavy atom. The van der Waals surface area contributed by atoms with E-state index in [9.17, 15) is 9.59 Å². The predicted octanol–water partition coefficient (Wildman–Crippen LogP) is 1.60. The van der Waals surface area contributed by atoms with Gasteiger partial charge in [-0.1, -0.05) is 0 Å². The summed E-state index contributed by atoms with van der Waals surface area (Å²) in [7, 11) is 0. The summed E-state index contributed by atoms with van der Waals surface area (Å²) >= 11 is 2.80. The van der Waals surface area contributed by atoms with E-state index in [0.29, 0.717) is 12.8 Å². The summed E-state index contributed by atoms with van der Waals surface area (Å²) in [4.78, 5) is 20.9. The fourth-order valence-electron chi connectivity index (χ4n) is 0.549. The Morgan fingerprint density at radius 2 is 1.40 bits per heavy atom. The molecule has 60 valence electrons. The first kappa shape index (κ1) is 13.2. The van der Waals surface area contributed by atoms with Gasteiger partial charge in [-0.25, -0.2) is 3.93 Å². The van der Waals surface area contributed by atoms with Gasteiger partial charge in [0.15, 0.2) is 0 Å². The zero-order valence-electron chi connectivity index (χ0n) is 4.87. The highest BCUT2D eigenvalue weighted by molar-refractivity contribution is 9.08. The van der Waals surface area contributed by atoms with Crippen molar-refractivity contribution in [3.63, 3.8) is 0 Å². The fourth-order valence-corrected chi connectivity index (χ4v) is 0.904. The van der Waals surface area contributed by atoms with Gasteiger partial charge in [-0.05, 0) is 0 Å². The fraction of sp³-hybridized carbons (Fsp3) is 0.500. The Morgan fingerprint density at radius 1 is 1.10 bits per heavy atom. The maximum absolute atomic E-state index is 10.4. The van der Waals surface area contributed by atoms with Gasteiger partial charge in [-0.2, -0.15) is 0 Å². The molecule has 1 aliphatic rings. The lowest BCUT2D eigenvalue weighted by atomic mass is 10.4. The van der Waals surface area contributed by atoms with Crippen LogP contribution in [-0.4, -0.2) is 15.7 Å². The monoisotopic (exact) mass is 337 g/mol. The van der Waals surface area contributed by atoms with Crippen molar-refractivity contribution in [3.8, 4) is 0 Å². The van der Waals surface area contributed by atoms with Crippen LogP contribution in [0, 0.1) is 0 Å². The minimum atomic E-state index is -0.144. The number of carbonyl (C=O) groups excluding carboxylic acids is 2. The maximum Gasteiger partial charge on any atom is 0.239 e. The van der Waals surface area contributed by atoms with Crippen LogP contribution in [0.3, 0.4) is 0 Å². The molecule has 0 unspecified atom stereocenters. The molecular formula is C4H6Br3NO2. The van der Waals surface area contributed by atoms with E-state index >= 15 is 0 Å². The Labute approximate surface area is 88.0 Å². The summed E-state index contributed by atoms with van der Waals surface area (Å²) in [6.07, 6.45) is 0.703. The molecular weight excluding hydrogens is 334 g/mol. The summed E-state index contributed by atoms with van der Waals surface area (Å²) in [5.74, 6) is -0.287. The topological polar surface area (TPSA) is 37.4 Å². The van der Waals surface area contributed by atoms with E-state index in [1.807, 2.05) is 0 Å². The van der Waals surface area contributed by atoms with Crippen molar-refractivity contribution in [1.29, 1.82) is 0 Å². The molecule has 0 aromatic carbocycles. The van der Waals surface area contributed by atoms with E-state index in [1.165, 1.54) is 0 Å². The van der Waals surface area contributed by atoms with Gasteiger partial charge in [-0.3, -0.25) is 9.59 Å². The molecule has 0 spiro atoms. The van der Waals surface area contributed by atoms with Gasteiger partial charge in [0.25, 0.3) is 0 Å². The summed E-state index contributed by atoms with van der Waals surface area (Å²) < 4.78 is 0.979. The van der Waals surface area contributed by atoms with E-state index < -0.39 is 0 Å². The zero-order valence-corrected chi connectivity index (χ0v) is 9.88. The molecule has 1 saturated heterocycles.